The van der Waals surface area contributed by atoms with Gasteiger partial charge in [-0.2, -0.15) is 0 Å². The molecule has 7 heteroatoms. The van der Waals surface area contributed by atoms with Gasteiger partial charge in [0.25, 0.3) is 0 Å². The van der Waals surface area contributed by atoms with Crippen molar-refractivity contribution >= 4 is 18.0 Å². The first-order valence-corrected chi connectivity index (χ1v) is 9.54. The van der Waals surface area contributed by atoms with Gasteiger partial charge in [0.2, 0.25) is 5.91 Å². The minimum absolute atomic E-state index is 0.0702. The number of nitrogens with one attached hydrogen (secondary N) is 1. The Hall–Kier alpha value is -1.79. The molecule has 2 rings (SSSR count). The number of ether oxygens (including phenoxy) is 1. The number of carboxylic acid groups (broad SMARTS) is 1. The third kappa shape index (κ3) is 4.89. The first kappa shape index (κ1) is 20.5. The van der Waals surface area contributed by atoms with Crippen LogP contribution in [0.4, 0.5) is 4.79 Å². The molecule has 1 unspecified atom stereocenters. The van der Waals surface area contributed by atoms with Crippen molar-refractivity contribution in [2.75, 3.05) is 0 Å². The maximum absolute atomic E-state index is 13.1. The molecule has 0 aliphatic carbocycles. The summed E-state index contributed by atoms with van der Waals surface area (Å²) in [7, 11) is 0. The van der Waals surface area contributed by atoms with Crippen molar-refractivity contribution < 1.29 is 24.2 Å². The van der Waals surface area contributed by atoms with Crippen LogP contribution in [0.5, 0.6) is 0 Å². The van der Waals surface area contributed by atoms with E-state index in [1.54, 1.807) is 20.8 Å². The molecular formula is C19H32N2O5. The molecule has 0 radical (unpaired) electrons. The van der Waals surface area contributed by atoms with Crippen LogP contribution in [0.15, 0.2) is 0 Å². The number of hydrogen-bond acceptors (Lipinski definition) is 4. The van der Waals surface area contributed by atoms with Crippen molar-refractivity contribution in [1.29, 1.82) is 0 Å². The number of fused-ring (bicyclic) bond motifs is 1. The van der Waals surface area contributed by atoms with Gasteiger partial charge in [-0.05, 0) is 64.7 Å². The number of amides is 2. The maximum Gasteiger partial charge on any atom is 0.408 e. The lowest BCUT2D eigenvalue weighted by Crippen LogP contribution is -2.56. The number of carbonyl (C=O) groups is 3. The summed E-state index contributed by atoms with van der Waals surface area (Å²) in [4.78, 5) is 38.4. The number of rotatable bonds is 3. The molecule has 2 aliphatic heterocycles. The first-order chi connectivity index (χ1) is 12.0. The van der Waals surface area contributed by atoms with Gasteiger partial charge in [0, 0.05) is 6.04 Å². The molecule has 0 bridgehead atoms. The van der Waals surface area contributed by atoms with Crippen LogP contribution in [0.25, 0.3) is 0 Å². The molecule has 4 atom stereocenters. The Morgan fingerprint density at radius 3 is 2.38 bits per heavy atom. The van der Waals surface area contributed by atoms with E-state index >= 15 is 0 Å². The summed E-state index contributed by atoms with van der Waals surface area (Å²) >= 11 is 0. The van der Waals surface area contributed by atoms with Crippen LogP contribution in [0.3, 0.4) is 0 Å². The lowest BCUT2D eigenvalue weighted by molar-refractivity contribution is -0.151. The van der Waals surface area contributed by atoms with Crippen LogP contribution < -0.4 is 5.32 Å². The predicted molar refractivity (Wildman–Crippen MR) is 96.6 cm³/mol. The molecule has 148 valence electrons. The quantitative estimate of drug-likeness (QED) is 0.798. The van der Waals surface area contributed by atoms with Crippen molar-refractivity contribution in [3.63, 3.8) is 0 Å². The van der Waals surface area contributed by atoms with E-state index in [0.29, 0.717) is 31.1 Å². The molecule has 0 spiro atoms. The number of alkyl carbamates (subject to hydrolysis) is 1. The summed E-state index contributed by atoms with van der Waals surface area (Å²) in [5, 5.41) is 12.2. The van der Waals surface area contributed by atoms with E-state index < -0.39 is 29.7 Å². The fourth-order valence-corrected chi connectivity index (χ4v) is 4.03. The molecule has 26 heavy (non-hydrogen) atoms. The fourth-order valence-electron chi connectivity index (χ4n) is 4.03. The zero-order chi connectivity index (χ0) is 19.6. The maximum atomic E-state index is 13.1. The van der Waals surface area contributed by atoms with Gasteiger partial charge >= 0.3 is 12.1 Å². The monoisotopic (exact) mass is 368 g/mol. The van der Waals surface area contributed by atoms with Gasteiger partial charge < -0.3 is 20.1 Å². The number of nitrogens with zero attached hydrogens (tertiary/aromatic N) is 1. The number of carbonyl (C=O) groups excluding carboxylic acids is 2. The molecule has 0 saturated carbocycles. The van der Waals surface area contributed by atoms with Crippen LogP contribution >= 0.6 is 0 Å². The summed E-state index contributed by atoms with van der Waals surface area (Å²) < 4.78 is 5.28. The SMILES string of the molecule is CC(C)[C@H]1CC[C@H](NC(=O)OC(C)(C)C)C(=O)N2C(CC[C@H]2C(=O)O)C1. The minimum atomic E-state index is -0.974. The van der Waals surface area contributed by atoms with Gasteiger partial charge in [-0.3, -0.25) is 4.79 Å². The standard InChI is InChI=1S/C19H32N2O5/c1-11(2)12-6-8-14(20-18(25)26-19(3,4)5)16(22)21-13(10-12)7-9-15(21)17(23)24/h11-15H,6-10H2,1-5H3,(H,20,25)(H,23,24)/t12-,13?,14-,15-/m0/s1. The predicted octanol–water partition coefficient (Wildman–Crippen LogP) is 2.78. The Morgan fingerprint density at radius 2 is 1.85 bits per heavy atom. The molecule has 2 fully saturated rings. The molecule has 2 saturated heterocycles. The minimum Gasteiger partial charge on any atom is -0.480 e. The van der Waals surface area contributed by atoms with Crippen molar-refractivity contribution in [2.45, 2.75) is 90.4 Å². The van der Waals surface area contributed by atoms with E-state index in [9.17, 15) is 19.5 Å². The smallest absolute Gasteiger partial charge is 0.408 e. The zero-order valence-electron chi connectivity index (χ0n) is 16.4. The van der Waals surface area contributed by atoms with Crippen molar-refractivity contribution in [2.24, 2.45) is 11.8 Å². The third-order valence-electron chi connectivity index (χ3n) is 5.37. The van der Waals surface area contributed by atoms with Gasteiger partial charge in [-0.1, -0.05) is 13.8 Å². The highest BCUT2D eigenvalue weighted by Crippen LogP contribution is 2.36. The van der Waals surface area contributed by atoms with E-state index in [2.05, 4.69) is 19.2 Å². The van der Waals surface area contributed by atoms with Gasteiger partial charge in [-0.15, -0.1) is 0 Å². The largest absolute Gasteiger partial charge is 0.480 e. The van der Waals surface area contributed by atoms with Gasteiger partial charge in [0.15, 0.2) is 0 Å². The van der Waals surface area contributed by atoms with Crippen molar-refractivity contribution in [3.8, 4) is 0 Å². The summed E-state index contributed by atoms with van der Waals surface area (Å²) in [5.74, 6) is -0.436. The topological polar surface area (TPSA) is 95.9 Å². The lowest BCUT2D eigenvalue weighted by atomic mass is 9.82. The highest BCUT2D eigenvalue weighted by Gasteiger charge is 2.45. The molecule has 7 nitrogen and oxygen atoms in total. The average molecular weight is 368 g/mol. The van der Waals surface area contributed by atoms with E-state index in [1.165, 1.54) is 4.90 Å². The number of carboxylic acids is 1. The molecule has 2 aliphatic rings. The van der Waals surface area contributed by atoms with Crippen LogP contribution in [0.1, 0.15) is 66.7 Å². The molecule has 2 amide bonds. The van der Waals surface area contributed by atoms with Crippen LogP contribution in [-0.4, -0.2) is 51.7 Å². The number of aliphatic carboxylic acids is 1. The summed E-state index contributed by atoms with van der Waals surface area (Å²) in [6.45, 7) is 9.59. The molecule has 0 aromatic rings. The Morgan fingerprint density at radius 1 is 1.19 bits per heavy atom. The highest BCUT2D eigenvalue weighted by atomic mass is 16.6. The summed E-state index contributed by atoms with van der Waals surface area (Å²) in [5.41, 5.74) is -0.658. The van der Waals surface area contributed by atoms with E-state index in [-0.39, 0.29) is 11.9 Å². The molecule has 2 N–H and O–H groups in total. The number of hydrogen-bond donors (Lipinski definition) is 2. The average Bonchev–Trinajstić information content (AvgIpc) is 2.89. The molecule has 0 aromatic carbocycles. The normalized spacial score (nSPS) is 29.8. The Bertz CT molecular complexity index is 555. The van der Waals surface area contributed by atoms with Gasteiger partial charge in [0.05, 0.1) is 0 Å². The van der Waals surface area contributed by atoms with Crippen LogP contribution in [0.2, 0.25) is 0 Å². The van der Waals surface area contributed by atoms with Crippen LogP contribution in [-0.2, 0) is 14.3 Å². The van der Waals surface area contributed by atoms with Crippen LogP contribution in [0, 0.1) is 11.8 Å². The van der Waals surface area contributed by atoms with Gasteiger partial charge in [0.1, 0.15) is 17.7 Å². The molecule has 2 heterocycles. The molecule has 0 aromatic heterocycles. The van der Waals surface area contributed by atoms with E-state index in [1.807, 2.05) is 0 Å². The second-order valence-corrected chi connectivity index (χ2v) is 8.85. The van der Waals surface area contributed by atoms with Crippen molar-refractivity contribution in [1.82, 2.24) is 10.2 Å². The Balaban J connectivity index is 2.22. The first-order valence-electron chi connectivity index (χ1n) is 9.54. The Kier molecular flexibility index (Phi) is 6.19. The third-order valence-corrected chi connectivity index (χ3v) is 5.37. The fraction of sp³-hybridized carbons (Fsp3) is 0.842. The Labute approximate surface area is 155 Å². The highest BCUT2D eigenvalue weighted by molar-refractivity contribution is 5.90. The van der Waals surface area contributed by atoms with Gasteiger partial charge in [-0.25, -0.2) is 9.59 Å². The van der Waals surface area contributed by atoms with E-state index in [0.717, 1.165) is 12.8 Å². The summed E-state index contributed by atoms with van der Waals surface area (Å²) in [6, 6.07) is -1.62. The molecular weight excluding hydrogens is 336 g/mol. The van der Waals surface area contributed by atoms with Crippen molar-refractivity contribution in [3.05, 3.63) is 0 Å². The lowest BCUT2D eigenvalue weighted by Gasteiger charge is -2.38. The summed E-state index contributed by atoms with van der Waals surface area (Å²) in [6.07, 6.45) is 2.68. The second kappa shape index (κ2) is 7.84. The van der Waals surface area contributed by atoms with E-state index in [4.69, 9.17) is 4.74 Å². The zero-order valence-corrected chi connectivity index (χ0v) is 16.4. The second-order valence-electron chi connectivity index (χ2n) is 8.85.